The Morgan fingerprint density at radius 3 is 3.00 bits per heavy atom. The Labute approximate surface area is 108 Å². The second-order valence-electron chi connectivity index (χ2n) is 4.08. The van der Waals surface area contributed by atoms with Crippen molar-refractivity contribution in [2.24, 2.45) is 0 Å². The van der Waals surface area contributed by atoms with Gasteiger partial charge in [0, 0.05) is 29.8 Å². The van der Waals surface area contributed by atoms with Gasteiger partial charge in [0.25, 0.3) is 5.56 Å². The van der Waals surface area contributed by atoms with Gasteiger partial charge >= 0.3 is 0 Å². The summed E-state index contributed by atoms with van der Waals surface area (Å²) in [7, 11) is 0. The van der Waals surface area contributed by atoms with Crippen LogP contribution in [0.15, 0.2) is 40.9 Å². The highest BCUT2D eigenvalue weighted by Gasteiger charge is 2.07. The molecule has 92 valence electrons. The van der Waals surface area contributed by atoms with Crippen molar-refractivity contribution in [3.8, 4) is 0 Å². The number of aryl methyl sites for hydroxylation is 1. The van der Waals surface area contributed by atoms with E-state index >= 15 is 0 Å². The summed E-state index contributed by atoms with van der Waals surface area (Å²) < 4.78 is 4.79. The van der Waals surface area contributed by atoms with Gasteiger partial charge in [-0.05, 0) is 24.4 Å². The van der Waals surface area contributed by atoms with Crippen LogP contribution >= 0.6 is 11.3 Å². The number of nitrogens with zero attached hydrogens (tertiary/aromatic N) is 3. The van der Waals surface area contributed by atoms with Crippen LogP contribution in [0.2, 0.25) is 0 Å². The second-order valence-corrected chi connectivity index (χ2v) is 5.02. The standard InChI is InChI=1S/C13H13N3OS/c1-2-15-7-5-14-12(15)9-16-6-3-11-10(13(16)17)4-8-18-11/h3-8H,2,9H2,1H3. The number of pyridine rings is 1. The van der Waals surface area contributed by atoms with E-state index in [4.69, 9.17) is 0 Å². The number of rotatable bonds is 3. The number of fused-ring (bicyclic) bond motifs is 1. The van der Waals surface area contributed by atoms with Gasteiger partial charge < -0.3 is 9.13 Å². The highest BCUT2D eigenvalue weighted by atomic mass is 32.1. The van der Waals surface area contributed by atoms with Crippen LogP contribution in [0.5, 0.6) is 0 Å². The lowest BCUT2D eigenvalue weighted by molar-refractivity contribution is 0.642. The third kappa shape index (κ3) is 1.76. The molecule has 0 amide bonds. The highest BCUT2D eigenvalue weighted by Crippen LogP contribution is 2.16. The Morgan fingerprint density at radius 1 is 1.28 bits per heavy atom. The maximum absolute atomic E-state index is 12.2. The van der Waals surface area contributed by atoms with E-state index in [2.05, 4.69) is 11.9 Å². The van der Waals surface area contributed by atoms with Crippen molar-refractivity contribution in [1.82, 2.24) is 14.1 Å². The fraction of sp³-hybridized carbons (Fsp3) is 0.231. The van der Waals surface area contributed by atoms with Crippen molar-refractivity contribution in [3.63, 3.8) is 0 Å². The predicted molar refractivity (Wildman–Crippen MR) is 73.1 cm³/mol. The maximum Gasteiger partial charge on any atom is 0.259 e. The van der Waals surface area contributed by atoms with Crippen molar-refractivity contribution < 1.29 is 0 Å². The number of thiophene rings is 1. The van der Waals surface area contributed by atoms with E-state index in [1.54, 1.807) is 22.1 Å². The summed E-state index contributed by atoms with van der Waals surface area (Å²) >= 11 is 1.59. The Morgan fingerprint density at radius 2 is 2.17 bits per heavy atom. The van der Waals surface area contributed by atoms with Gasteiger partial charge in [-0.15, -0.1) is 11.3 Å². The van der Waals surface area contributed by atoms with E-state index in [-0.39, 0.29) is 5.56 Å². The van der Waals surface area contributed by atoms with Crippen LogP contribution in [-0.2, 0) is 13.1 Å². The molecule has 0 radical (unpaired) electrons. The van der Waals surface area contributed by atoms with Gasteiger partial charge in [-0.25, -0.2) is 4.98 Å². The summed E-state index contributed by atoms with van der Waals surface area (Å²) in [5.74, 6) is 0.911. The average Bonchev–Trinajstić information content (AvgIpc) is 3.01. The summed E-state index contributed by atoms with van der Waals surface area (Å²) in [5, 5.41) is 2.74. The Bertz CT molecular complexity index is 738. The molecule has 3 aromatic rings. The first-order valence-corrected chi connectivity index (χ1v) is 6.74. The predicted octanol–water partition coefficient (Wildman–Crippen LogP) is 2.33. The van der Waals surface area contributed by atoms with Gasteiger partial charge in [-0.2, -0.15) is 0 Å². The largest absolute Gasteiger partial charge is 0.334 e. The normalized spacial score (nSPS) is 11.2. The van der Waals surface area contributed by atoms with E-state index in [9.17, 15) is 4.79 Å². The van der Waals surface area contributed by atoms with E-state index in [1.807, 2.05) is 34.5 Å². The molecule has 0 saturated carbocycles. The topological polar surface area (TPSA) is 39.8 Å². The van der Waals surface area contributed by atoms with Crippen LogP contribution in [0.3, 0.4) is 0 Å². The molecule has 0 aliphatic rings. The molecule has 0 saturated heterocycles. The van der Waals surface area contributed by atoms with Crippen LogP contribution in [0.4, 0.5) is 0 Å². The zero-order valence-electron chi connectivity index (χ0n) is 10.0. The Hall–Kier alpha value is -1.88. The molecule has 3 rings (SSSR count). The molecular formula is C13H13N3OS. The SMILES string of the molecule is CCn1ccnc1Cn1ccc2sccc2c1=O. The molecule has 3 aromatic heterocycles. The molecule has 4 nitrogen and oxygen atoms in total. The van der Waals surface area contributed by atoms with Crippen molar-refractivity contribution >= 4 is 21.4 Å². The summed E-state index contributed by atoms with van der Waals surface area (Å²) in [6.45, 7) is 3.45. The third-order valence-corrected chi connectivity index (χ3v) is 3.93. The molecule has 3 heterocycles. The zero-order valence-corrected chi connectivity index (χ0v) is 10.9. The van der Waals surface area contributed by atoms with Gasteiger partial charge in [-0.3, -0.25) is 4.79 Å². The van der Waals surface area contributed by atoms with Crippen LogP contribution in [0.25, 0.3) is 10.1 Å². The second kappa shape index (κ2) is 4.42. The van der Waals surface area contributed by atoms with Crippen LogP contribution < -0.4 is 5.56 Å². The molecule has 18 heavy (non-hydrogen) atoms. The molecule has 0 fully saturated rings. The van der Waals surface area contributed by atoms with Crippen molar-refractivity contribution in [1.29, 1.82) is 0 Å². The first kappa shape index (κ1) is 11.2. The van der Waals surface area contributed by atoms with Gasteiger partial charge in [0.15, 0.2) is 0 Å². The molecule has 0 unspecified atom stereocenters. The maximum atomic E-state index is 12.2. The van der Waals surface area contributed by atoms with Crippen molar-refractivity contribution in [2.45, 2.75) is 20.0 Å². The van der Waals surface area contributed by atoms with Crippen LogP contribution in [-0.4, -0.2) is 14.1 Å². The molecule has 0 atom stereocenters. The third-order valence-electron chi connectivity index (χ3n) is 3.05. The molecule has 0 aromatic carbocycles. The molecule has 0 N–H and O–H groups in total. The minimum Gasteiger partial charge on any atom is -0.334 e. The first-order chi connectivity index (χ1) is 8.79. The minimum absolute atomic E-state index is 0.0550. The fourth-order valence-electron chi connectivity index (χ4n) is 2.06. The molecule has 0 spiro atoms. The van der Waals surface area contributed by atoms with Crippen molar-refractivity contribution in [2.75, 3.05) is 0 Å². The van der Waals surface area contributed by atoms with Gasteiger partial charge in [0.05, 0.1) is 11.9 Å². The molecule has 5 heteroatoms. The summed E-state index contributed by atoms with van der Waals surface area (Å²) in [5.41, 5.74) is 0.0550. The molecule has 0 aliphatic carbocycles. The van der Waals surface area contributed by atoms with Crippen LogP contribution in [0, 0.1) is 0 Å². The fourth-order valence-corrected chi connectivity index (χ4v) is 2.84. The zero-order chi connectivity index (χ0) is 12.5. The number of hydrogen-bond acceptors (Lipinski definition) is 3. The van der Waals surface area contributed by atoms with E-state index in [0.29, 0.717) is 6.54 Å². The van der Waals surface area contributed by atoms with E-state index in [0.717, 1.165) is 22.5 Å². The lowest BCUT2D eigenvalue weighted by Crippen LogP contribution is -2.21. The first-order valence-electron chi connectivity index (χ1n) is 5.86. The smallest absolute Gasteiger partial charge is 0.259 e. The minimum atomic E-state index is 0.0550. The van der Waals surface area contributed by atoms with E-state index < -0.39 is 0 Å². The van der Waals surface area contributed by atoms with Crippen molar-refractivity contribution in [3.05, 3.63) is 52.3 Å². The monoisotopic (exact) mass is 259 g/mol. The van der Waals surface area contributed by atoms with Crippen LogP contribution in [0.1, 0.15) is 12.7 Å². The Balaban J connectivity index is 2.05. The molecular weight excluding hydrogens is 246 g/mol. The van der Waals surface area contributed by atoms with Gasteiger partial charge in [0.1, 0.15) is 5.82 Å². The lowest BCUT2D eigenvalue weighted by Gasteiger charge is -2.07. The number of imidazole rings is 1. The van der Waals surface area contributed by atoms with Gasteiger partial charge in [0.2, 0.25) is 0 Å². The summed E-state index contributed by atoms with van der Waals surface area (Å²) in [6, 6.07) is 3.87. The summed E-state index contributed by atoms with van der Waals surface area (Å²) in [4.78, 5) is 16.5. The molecule has 0 bridgehead atoms. The Kier molecular flexibility index (Phi) is 2.76. The highest BCUT2D eigenvalue weighted by molar-refractivity contribution is 7.17. The number of hydrogen-bond donors (Lipinski definition) is 0. The summed E-state index contributed by atoms with van der Waals surface area (Å²) in [6.07, 6.45) is 5.55. The average molecular weight is 259 g/mol. The van der Waals surface area contributed by atoms with Gasteiger partial charge in [-0.1, -0.05) is 0 Å². The quantitative estimate of drug-likeness (QED) is 0.724. The van der Waals surface area contributed by atoms with E-state index in [1.165, 1.54) is 0 Å². The molecule has 0 aliphatic heterocycles. The lowest BCUT2D eigenvalue weighted by atomic mass is 10.3. The number of aromatic nitrogens is 3.